The molecule has 0 saturated carbocycles. The van der Waals surface area contributed by atoms with Crippen molar-refractivity contribution in [3.63, 3.8) is 0 Å². The SMILES string of the molecule is CC1(C)OB(c2ccc(Cl)cc2-c2cccc3cccnc23)OC1(C)C. The van der Waals surface area contributed by atoms with Crippen LogP contribution >= 0.6 is 11.6 Å². The number of benzene rings is 2. The Morgan fingerprint density at radius 2 is 1.58 bits per heavy atom. The first-order valence-electron chi connectivity index (χ1n) is 8.78. The van der Waals surface area contributed by atoms with E-state index in [1.165, 1.54) is 0 Å². The molecular formula is C21H21BClNO2. The Bertz CT molecular complexity index is 965. The van der Waals surface area contributed by atoms with Crippen molar-refractivity contribution in [3.8, 4) is 11.1 Å². The van der Waals surface area contributed by atoms with Gasteiger partial charge in [-0.15, -0.1) is 0 Å². The maximum atomic E-state index is 6.33. The first-order valence-corrected chi connectivity index (χ1v) is 9.15. The number of hydrogen-bond donors (Lipinski definition) is 0. The summed E-state index contributed by atoms with van der Waals surface area (Å²) >= 11 is 6.33. The molecular weight excluding hydrogens is 345 g/mol. The van der Waals surface area contributed by atoms with Crippen LogP contribution in [0.5, 0.6) is 0 Å². The molecule has 2 heterocycles. The predicted octanol–water partition coefficient (Wildman–Crippen LogP) is 4.85. The summed E-state index contributed by atoms with van der Waals surface area (Å²) in [5.41, 5.74) is 3.12. The minimum atomic E-state index is -0.453. The van der Waals surface area contributed by atoms with E-state index in [2.05, 4.69) is 50.9 Å². The molecule has 1 saturated heterocycles. The number of nitrogens with zero attached hydrogens (tertiary/aromatic N) is 1. The standard InChI is InChI=1S/C21H21BClNO2/c1-20(2)21(3,4)26-22(25-20)18-11-10-15(23)13-17(18)16-9-5-7-14-8-6-12-24-19(14)16/h5-13H,1-4H3. The lowest BCUT2D eigenvalue weighted by Gasteiger charge is -2.32. The van der Waals surface area contributed by atoms with Crippen LogP contribution in [0.25, 0.3) is 22.0 Å². The number of aromatic nitrogens is 1. The summed E-state index contributed by atoms with van der Waals surface area (Å²) in [5, 5.41) is 1.76. The highest BCUT2D eigenvalue weighted by Crippen LogP contribution is 2.38. The number of hydrogen-bond acceptors (Lipinski definition) is 3. The first-order chi connectivity index (χ1) is 12.3. The zero-order chi connectivity index (χ0) is 18.5. The van der Waals surface area contributed by atoms with Crippen molar-refractivity contribution in [1.82, 2.24) is 4.98 Å². The van der Waals surface area contributed by atoms with Crippen LogP contribution in [0.1, 0.15) is 27.7 Å². The summed E-state index contributed by atoms with van der Waals surface area (Å²) in [5.74, 6) is 0. The summed E-state index contributed by atoms with van der Waals surface area (Å²) in [6.45, 7) is 8.23. The van der Waals surface area contributed by atoms with E-state index in [1.807, 2.05) is 36.5 Å². The fourth-order valence-electron chi connectivity index (χ4n) is 3.26. The number of para-hydroxylation sites is 1. The van der Waals surface area contributed by atoms with Crippen LogP contribution in [-0.2, 0) is 9.31 Å². The quantitative estimate of drug-likeness (QED) is 0.608. The van der Waals surface area contributed by atoms with Crippen molar-refractivity contribution >= 4 is 35.1 Å². The Morgan fingerprint density at radius 1 is 0.885 bits per heavy atom. The molecule has 3 nitrogen and oxygen atoms in total. The maximum Gasteiger partial charge on any atom is 0.495 e. The van der Waals surface area contributed by atoms with Gasteiger partial charge < -0.3 is 9.31 Å². The highest BCUT2D eigenvalue weighted by molar-refractivity contribution is 6.64. The fourth-order valence-corrected chi connectivity index (χ4v) is 3.43. The summed E-state index contributed by atoms with van der Waals surface area (Å²) in [4.78, 5) is 4.59. The molecule has 0 unspecified atom stereocenters. The van der Waals surface area contributed by atoms with E-state index >= 15 is 0 Å². The molecule has 0 N–H and O–H groups in total. The minimum Gasteiger partial charge on any atom is -0.399 e. The van der Waals surface area contributed by atoms with Crippen LogP contribution in [0.4, 0.5) is 0 Å². The second-order valence-corrected chi connectivity index (χ2v) is 8.14. The van der Waals surface area contributed by atoms with Gasteiger partial charge in [0.25, 0.3) is 0 Å². The molecule has 0 amide bonds. The Hall–Kier alpha value is -1.88. The van der Waals surface area contributed by atoms with Crippen LogP contribution in [0.2, 0.25) is 5.02 Å². The highest BCUT2D eigenvalue weighted by atomic mass is 35.5. The van der Waals surface area contributed by atoms with Crippen LogP contribution in [0, 0.1) is 0 Å². The topological polar surface area (TPSA) is 31.4 Å². The largest absolute Gasteiger partial charge is 0.495 e. The van der Waals surface area contributed by atoms with E-state index in [-0.39, 0.29) is 0 Å². The van der Waals surface area contributed by atoms with E-state index in [1.54, 1.807) is 0 Å². The van der Waals surface area contributed by atoms with Gasteiger partial charge in [-0.25, -0.2) is 0 Å². The summed E-state index contributed by atoms with van der Waals surface area (Å²) in [6.07, 6.45) is 1.81. The van der Waals surface area contributed by atoms with Crippen molar-refractivity contribution in [2.24, 2.45) is 0 Å². The van der Waals surface area contributed by atoms with Gasteiger partial charge in [-0.05, 0) is 56.9 Å². The fraction of sp³-hybridized carbons (Fsp3) is 0.286. The molecule has 4 rings (SSSR count). The molecule has 1 fully saturated rings. The number of fused-ring (bicyclic) bond motifs is 1. The molecule has 1 aliphatic rings. The highest BCUT2D eigenvalue weighted by Gasteiger charge is 2.52. The van der Waals surface area contributed by atoms with Gasteiger partial charge in [0, 0.05) is 22.2 Å². The number of rotatable bonds is 2. The molecule has 0 spiro atoms. The van der Waals surface area contributed by atoms with E-state index < -0.39 is 18.3 Å². The zero-order valence-electron chi connectivity index (χ0n) is 15.4. The van der Waals surface area contributed by atoms with E-state index in [9.17, 15) is 0 Å². The van der Waals surface area contributed by atoms with Gasteiger partial charge in [0.05, 0.1) is 16.7 Å². The first kappa shape index (κ1) is 17.5. The average molecular weight is 366 g/mol. The van der Waals surface area contributed by atoms with Gasteiger partial charge in [0.15, 0.2) is 0 Å². The Labute approximate surface area is 159 Å². The van der Waals surface area contributed by atoms with Crippen LogP contribution < -0.4 is 5.46 Å². The summed E-state index contributed by atoms with van der Waals surface area (Å²) in [6, 6.07) is 16.0. The number of halogens is 1. The molecule has 1 aromatic heterocycles. The van der Waals surface area contributed by atoms with E-state index in [4.69, 9.17) is 20.9 Å². The van der Waals surface area contributed by atoms with Crippen molar-refractivity contribution in [2.45, 2.75) is 38.9 Å². The smallest absolute Gasteiger partial charge is 0.399 e. The lowest BCUT2D eigenvalue weighted by Crippen LogP contribution is -2.41. The third-order valence-electron chi connectivity index (χ3n) is 5.45. The molecule has 0 bridgehead atoms. The maximum absolute atomic E-state index is 6.33. The zero-order valence-corrected chi connectivity index (χ0v) is 16.2. The second kappa shape index (κ2) is 6.09. The van der Waals surface area contributed by atoms with Gasteiger partial charge in [-0.2, -0.15) is 0 Å². The van der Waals surface area contributed by atoms with Gasteiger partial charge in [0.1, 0.15) is 0 Å². The molecule has 0 atom stereocenters. The lowest BCUT2D eigenvalue weighted by molar-refractivity contribution is 0.00578. The average Bonchev–Trinajstić information content (AvgIpc) is 2.82. The summed E-state index contributed by atoms with van der Waals surface area (Å²) in [7, 11) is -0.453. The molecule has 1 aliphatic heterocycles. The molecule has 132 valence electrons. The summed E-state index contributed by atoms with van der Waals surface area (Å²) < 4.78 is 12.6. The molecule has 3 aromatic rings. The lowest BCUT2D eigenvalue weighted by atomic mass is 9.74. The molecule has 26 heavy (non-hydrogen) atoms. The molecule has 0 aliphatic carbocycles. The third-order valence-corrected chi connectivity index (χ3v) is 5.68. The van der Waals surface area contributed by atoms with Gasteiger partial charge >= 0.3 is 7.12 Å². The van der Waals surface area contributed by atoms with Gasteiger partial charge in [-0.1, -0.05) is 41.9 Å². The third kappa shape index (κ3) is 2.82. The Balaban J connectivity index is 1.89. The van der Waals surface area contributed by atoms with Crippen LogP contribution in [0.15, 0.2) is 54.7 Å². The molecule has 2 aromatic carbocycles. The van der Waals surface area contributed by atoms with Crippen molar-refractivity contribution in [1.29, 1.82) is 0 Å². The monoisotopic (exact) mass is 365 g/mol. The minimum absolute atomic E-state index is 0.397. The van der Waals surface area contributed by atoms with Gasteiger partial charge in [0.2, 0.25) is 0 Å². The Kier molecular flexibility index (Phi) is 4.10. The number of pyridine rings is 1. The van der Waals surface area contributed by atoms with E-state index in [0.717, 1.165) is 27.5 Å². The van der Waals surface area contributed by atoms with Crippen molar-refractivity contribution in [3.05, 3.63) is 59.8 Å². The second-order valence-electron chi connectivity index (χ2n) is 7.70. The van der Waals surface area contributed by atoms with E-state index in [0.29, 0.717) is 5.02 Å². The molecule has 5 heteroatoms. The normalized spacial score (nSPS) is 18.4. The van der Waals surface area contributed by atoms with Crippen LogP contribution in [-0.4, -0.2) is 23.3 Å². The molecule has 0 radical (unpaired) electrons. The predicted molar refractivity (Wildman–Crippen MR) is 108 cm³/mol. The van der Waals surface area contributed by atoms with Crippen LogP contribution in [0.3, 0.4) is 0 Å². The Morgan fingerprint density at radius 3 is 2.31 bits per heavy atom. The van der Waals surface area contributed by atoms with Crippen molar-refractivity contribution < 1.29 is 9.31 Å². The van der Waals surface area contributed by atoms with Crippen molar-refractivity contribution in [2.75, 3.05) is 0 Å². The van der Waals surface area contributed by atoms with Gasteiger partial charge in [-0.3, -0.25) is 4.98 Å².